The molecular formula is C14H22Cl2N2O2. The molecule has 0 radical (unpaired) electrons. The second-order valence-electron chi connectivity index (χ2n) is 5.69. The molecule has 1 N–H and O–H groups in total. The summed E-state index contributed by atoms with van der Waals surface area (Å²) in [6.45, 7) is 8.04. The second kappa shape index (κ2) is 7.46. The molecule has 20 heavy (non-hydrogen) atoms. The summed E-state index contributed by atoms with van der Waals surface area (Å²) in [5.41, 5.74) is 3.68. The quantitative estimate of drug-likeness (QED) is 0.634. The highest BCUT2D eigenvalue weighted by Gasteiger charge is 2.15. The van der Waals surface area contributed by atoms with E-state index in [1.54, 1.807) is 13.2 Å². The third kappa shape index (κ3) is 5.83. The van der Waals surface area contributed by atoms with Gasteiger partial charge in [0.05, 0.1) is 12.7 Å². The number of halogens is 2. The van der Waals surface area contributed by atoms with Crippen LogP contribution >= 0.6 is 23.2 Å². The first-order valence-electron chi connectivity index (χ1n) is 6.55. The average molecular weight is 321 g/mol. The molecule has 0 spiro atoms. The summed E-state index contributed by atoms with van der Waals surface area (Å²) in [5, 5.41) is 0.719. The number of hydroxylamine groups is 1. The van der Waals surface area contributed by atoms with Gasteiger partial charge in [0.2, 0.25) is 0 Å². The molecule has 114 valence electrons. The van der Waals surface area contributed by atoms with Crippen LogP contribution in [0.4, 0.5) is 0 Å². The Balaban J connectivity index is 2.61. The lowest BCUT2D eigenvalue weighted by molar-refractivity contribution is -0.0867. The highest BCUT2D eigenvalue weighted by atomic mass is 35.5. The first-order chi connectivity index (χ1) is 9.23. The molecule has 0 amide bonds. The number of pyridine rings is 1. The normalized spacial score (nSPS) is 13.3. The summed E-state index contributed by atoms with van der Waals surface area (Å²) >= 11 is 12.0. The first kappa shape index (κ1) is 17.5. The van der Waals surface area contributed by atoms with E-state index in [1.807, 2.05) is 20.8 Å². The van der Waals surface area contributed by atoms with Gasteiger partial charge < -0.3 is 4.74 Å². The fraction of sp³-hybridized carbons (Fsp3) is 0.643. The molecule has 4 nitrogen and oxygen atoms in total. The zero-order valence-electron chi connectivity index (χ0n) is 12.6. The van der Waals surface area contributed by atoms with Crippen LogP contribution in [0.1, 0.15) is 39.7 Å². The molecule has 0 saturated heterocycles. The summed E-state index contributed by atoms with van der Waals surface area (Å²) in [5.74, 6) is 0.666. The minimum absolute atomic E-state index is 0.186. The average Bonchev–Trinajstić information content (AvgIpc) is 2.33. The van der Waals surface area contributed by atoms with E-state index in [4.69, 9.17) is 32.8 Å². The molecule has 0 aromatic carbocycles. The lowest BCUT2D eigenvalue weighted by atomic mass is 10.1. The number of hydrogen-bond donors (Lipinski definition) is 1. The zero-order valence-corrected chi connectivity index (χ0v) is 14.1. The molecule has 1 heterocycles. The van der Waals surface area contributed by atoms with Gasteiger partial charge >= 0.3 is 0 Å². The van der Waals surface area contributed by atoms with Crippen molar-refractivity contribution in [1.82, 2.24) is 10.5 Å². The van der Waals surface area contributed by atoms with Crippen molar-refractivity contribution in [2.24, 2.45) is 0 Å². The fourth-order valence-electron chi connectivity index (χ4n) is 1.60. The van der Waals surface area contributed by atoms with E-state index in [-0.39, 0.29) is 11.6 Å². The molecule has 1 unspecified atom stereocenters. The number of methoxy groups -OCH3 is 1. The maximum Gasteiger partial charge on any atom is 0.137 e. The number of aromatic nitrogens is 1. The molecule has 1 atom stereocenters. The van der Waals surface area contributed by atoms with E-state index >= 15 is 0 Å². The molecule has 0 aliphatic carbocycles. The highest BCUT2D eigenvalue weighted by Crippen LogP contribution is 2.29. The lowest BCUT2D eigenvalue weighted by Crippen LogP contribution is -2.35. The lowest BCUT2D eigenvalue weighted by Gasteiger charge is -2.23. The standard InChI is InChI=1S/C14H22Cl2N2O2/c1-9(18-20-14(2,3)4)6-7-10-11(19-5)8-12(15)17-13(10)16/h8-9,18H,6-7H2,1-5H3. The van der Waals surface area contributed by atoms with Crippen molar-refractivity contribution in [3.05, 3.63) is 21.9 Å². The summed E-state index contributed by atoms with van der Waals surface area (Å²) in [6.07, 6.45) is 1.57. The van der Waals surface area contributed by atoms with Crippen LogP contribution in [0.25, 0.3) is 0 Å². The number of nitrogens with one attached hydrogen (secondary N) is 1. The van der Waals surface area contributed by atoms with Gasteiger partial charge in [-0.15, -0.1) is 0 Å². The third-order valence-corrected chi connectivity index (χ3v) is 3.12. The van der Waals surface area contributed by atoms with Crippen LogP contribution in [0.5, 0.6) is 5.75 Å². The first-order valence-corrected chi connectivity index (χ1v) is 7.31. The van der Waals surface area contributed by atoms with Gasteiger partial charge in [-0.05, 0) is 40.5 Å². The van der Waals surface area contributed by atoms with E-state index < -0.39 is 0 Å². The Labute approximate surface area is 130 Å². The Hall–Kier alpha value is -0.550. The Kier molecular flexibility index (Phi) is 6.52. The zero-order chi connectivity index (χ0) is 15.3. The predicted molar refractivity (Wildman–Crippen MR) is 82.6 cm³/mol. The van der Waals surface area contributed by atoms with Gasteiger partial charge in [0.15, 0.2) is 0 Å². The van der Waals surface area contributed by atoms with E-state index in [2.05, 4.69) is 17.4 Å². The van der Waals surface area contributed by atoms with Gasteiger partial charge in [-0.3, -0.25) is 4.84 Å². The Bertz CT molecular complexity index is 448. The van der Waals surface area contributed by atoms with Crippen molar-refractivity contribution in [1.29, 1.82) is 0 Å². The van der Waals surface area contributed by atoms with E-state index in [0.717, 1.165) is 18.4 Å². The van der Waals surface area contributed by atoms with Crippen molar-refractivity contribution >= 4 is 23.2 Å². The molecule has 0 aliphatic rings. The number of ether oxygens (including phenoxy) is 1. The molecule has 6 heteroatoms. The molecule has 0 aliphatic heterocycles. The minimum Gasteiger partial charge on any atom is -0.496 e. The van der Waals surface area contributed by atoms with Gasteiger partial charge in [-0.25, -0.2) is 4.98 Å². The summed E-state index contributed by atoms with van der Waals surface area (Å²) in [6, 6.07) is 1.86. The largest absolute Gasteiger partial charge is 0.496 e. The summed E-state index contributed by atoms with van der Waals surface area (Å²) in [7, 11) is 1.59. The predicted octanol–water partition coefficient (Wildman–Crippen LogP) is 4.04. The van der Waals surface area contributed by atoms with E-state index in [9.17, 15) is 0 Å². The third-order valence-electron chi connectivity index (χ3n) is 2.62. The van der Waals surface area contributed by atoms with Gasteiger partial charge in [-0.1, -0.05) is 23.2 Å². The molecule has 1 aromatic rings. The van der Waals surface area contributed by atoms with Crippen LogP contribution in [0.2, 0.25) is 10.3 Å². The van der Waals surface area contributed by atoms with Crippen molar-refractivity contribution in [3.8, 4) is 5.75 Å². The van der Waals surface area contributed by atoms with Crippen LogP contribution in [-0.2, 0) is 11.3 Å². The minimum atomic E-state index is -0.217. The van der Waals surface area contributed by atoms with Crippen molar-refractivity contribution < 1.29 is 9.57 Å². The Morgan fingerprint density at radius 1 is 1.35 bits per heavy atom. The highest BCUT2D eigenvalue weighted by molar-refractivity contribution is 6.33. The maximum absolute atomic E-state index is 6.12. The second-order valence-corrected chi connectivity index (χ2v) is 6.43. The smallest absolute Gasteiger partial charge is 0.137 e. The van der Waals surface area contributed by atoms with Crippen molar-refractivity contribution in [3.63, 3.8) is 0 Å². The molecule has 1 rings (SSSR count). The summed E-state index contributed by atoms with van der Waals surface area (Å²) in [4.78, 5) is 9.58. The number of nitrogens with zero attached hydrogens (tertiary/aromatic N) is 1. The molecule has 0 fully saturated rings. The molecule has 1 aromatic heterocycles. The van der Waals surface area contributed by atoms with Gasteiger partial charge in [0, 0.05) is 17.7 Å². The monoisotopic (exact) mass is 320 g/mol. The van der Waals surface area contributed by atoms with Crippen molar-refractivity contribution in [2.75, 3.05) is 7.11 Å². The van der Waals surface area contributed by atoms with Gasteiger partial charge in [0.1, 0.15) is 16.1 Å². The van der Waals surface area contributed by atoms with Crippen LogP contribution in [-0.4, -0.2) is 23.7 Å². The Morgan fingerprint density at radius 2 is 2.00 bits per heavy atom. The topological polar surface area (TPSA) is 43.4 Å². The van der Waals surface area contributed by atoms with Gasteiger partial charge in [-0.2, -0.15) is 5.48 Å². The van der Waals surface area contributed by atoms with Crippen LogP contribution in [0.15, 0.2) is 6.07 Å². The number of rotatable bonds is 6. The SMILES string of the molecule is COc1cc(Cl)nc(Cl)c1CCC(C)NOC(C)(C)C. The molecular weight excluding hydrogens is 299 g/mol. The molecule has 0 saturated carbocycles. The van der Waals surface area contributed by atoms with E-state index in [1.165, 1.54) is 0 Å². The summed E-state index contributed by atoms with van der Waals surface area (Å²) < 4.78 is 5.29. The van der Waals surface area contributed by atoms with Crippen LogP contribution < -0.4 is 10.2 Å². The Morgan fingerprint density at radius 3 is 2.55 bits per heavy atom. The number of hydrogen-bond acceptors (Lipinski definition) is 4. The van der Waals surface area contributed by atoms with Crippen LogP contribution in [0, 0.1) is 0 Å². The van der Waals surface area contributed by atoms with Crippen molar-refractivity contribution in [2.45, 2.75) is 52.2 Å². The van der Waals surface area contributed by atoms with E-state index in [0.29, 0.717) is 16.1 Å². The van der Waals surface area contributed by atoms with Gasteiger partial charge in [0.25, 0.3) is 0 Å². The fourth-order valence-corrected chi connectivity index (χ4v) is 2.10. The molecule has 0 bridgehead atoms. The van der Waals surface area contributed by atoms with Crippen LogP contribution in [0.3, 0.4) is 0 Å². The maximum atomic E-state index is 6.12.